The number of aromatic nitrogens is 2. The van der Waals surface area contributed by atoms with Crippen molar-refractivity contribution in [1.29, 1.82) is 0 Å². The highest BCUT2D eigenvalue weighted by Gasteiger charge is 2.16. The number of piperidine rings is 1. The molecule has 1 aliphatic heterocycles. The monoisotopic (exact) mass is 226 g/mol. The first-order valence-corrected chi connectivity index (χ1v) is 5.58. The van der Waals surface area contributed by atoms with Crippen LogP contribution in [0.5, 0.6) is 0 Å². The van der Waals surface area contributed by atoms with E-state index in [9.17, 15) is 0 Å². The summed E-state index contributed by atoms with van der Waals surface area (Å²) >= 11 is 5.67. The summed E-state index contributed by atoms with van der Waals surface area (Å²) in [5.41, 5.74) is 6.81. The molecule has 1 fully saturated rings. The Balaban J connectivity index is 1.89. The summed E-state index contributed by atoms with van der Waals surface area (Å²) in [6.07, 6.45) is 2.14. The molecule has 0 spiro atoms. The van der Waals surface area contributed by atoms with Crippen LogP contribution in [0.15, 0.2) is 12.1 Å². The third kappa shape index (κ3) is 3.12. The Kier molecular flexibility index (Phi) is 3.51. The lowest BCUT2D eigenvalue weighted by Crippen LogP contribution is -2.39. The molecule has 1 aliphatic rings. The molecule has 0 amide bonds. The molecule has 4 nitrogen and oxygen atoms in total. The molecule has 0 bridgehead atoms. The van der Waals surface area contributed by atoms with Gasteiger partial charge in [-0.3, -0.25) is 4.90 Å². The average Bonchev–Trinajstić information content (AvgIpc) is 2.25. The van der Waals surface area contributed by atoms with Crippen molar-refractivity contribution in [3.8, 4) is 0 Å². The van der Waals surface area contributed by atoms with Gasteiger partial charge in [-0.15, -0.1) is 5.10 Å². The summed E-state index contributed by atoms with van der Waals surface area (Å²) in [5.74, 6) is 0. The third-order valence-corrected chi connectivity index (χ3v) is 2.91. The molecule has 1 aromatic rings. The predicted molar refractivity (Wildman–Crippen MR) is 59.5 cm³/mol. The van der Waals surface area contributed by atoms with Crippen molar-refractivity contribution < 1.29 is 0 Å². The first-order chi connectivity index (χ1) is 7.24. The second kappa shape index (κ2) is 4.88. The van der Waals surface area contributed by atoms with Gasteiger partial charge in [0.1, 0.15) is 0 Å². The van der Waals surface area contributed by atoms with Crippen LogP contribution in [0.4, 0.5) is 0 Å². The molecule has 2 N–H and O–H groups in total. The van der Waals surface area contributed by atoms with Crippen LogP contribution in [-0.4, -0.2) is 34.2 Å². The SMILES string of the molecule is NC1CCN(Cc2ccc(Cl)nn2)CC1. The summed E-state index contributed by atoms with van der Waals surface area (Å²) in [6, 6.07) is 4.07. The van der Waals surface area contributed by atoms with Crippen LogP contribution in [0.2, 0.25) is 5.15 Å². The molecule has 2 rings (SSSR count). The molecule has 82 valence electrons. The van der Waals surface area contributed by atoms with Crippen LogP contribution in [-0.2, 0) is 6.54 Å². The first kappa shape index (κ1) is 10.8. The van der Waals surface area contributed by atoms with Crippen molar-refractivity contribution in [3.05, 3.63) is 23.0 Å². The summed E-state index contributed by atoms with van der Waals surface area (Å²) in [6.45, 7) is 2.94. The number of halogens is 1. The minimum Gasteiger partial charge on any atom is -0.328 e. The Labute approximate surface area is 94.4 Å². The van der Waals surface area contributed by atoms with Gasteiger partial charge >= 0.3 is 0 Å². The second-order valence-electron chi connectivity index (χ2n) is 3.96. The number of rotatable bonds is 2. The maximum absolute atomic E-state index is 5.84. The van der Waals surface area contributed by atoms with Gasteiger partial charge in [-0.1, -0.05) is 11.6 Å². The zero-order valence-electron chi connectivity index (χ0n) is 8.56. The van der Waals surface area contributed by atoms with Crippen LogP contribution in [0.3, 0.4) is 0 Å². The predicted octanol–water partition coefficient (Wildman–Crippen LogP) is 1.05. The lowest BCUT2D eigenvalue weighted by atomic mass is 10.1. The van der Waals surface area contributed by atoms with Crippen LogP contribution >= 0.6 is 11.6 Å². The molecule has 5 heteroatoms. The quantitative estimate of drug-likeness (QED) is 0.819. The number of hydrogen-bond donors (Lipinski definition) is 1. The Bertz CT molecular complexity index is 306. The molecule has 0 unspecified atom stereocenters. The molecule has 0 aliphatic carbocycles. The number of nitrogens with zero attached hydrogens (tertiary/aromatic N) is 3. The van der Waals surface area contributed by atoms with Crippen LogP contribution in [0, 0.1) is 0 Å². The lowest BCUT2D eigenvalue weighted by molar-refractivity contribution is 0.203. The summed E-state index contributed by atoms with van der Waals surface area (Å²) in [7, 11) is 0. The van der Waals surface area contributed by atoms with E-state index >= 15 is 0 Å². The van der Waals surface area contributed by atoms with Gasteiger partial charge in [-0.25, -0.2) is 0 Å². The van der Waals surface area contributed by atoms with Gasteiger partial charge in [0.2, 0.25) is 0 Å². The van der Waals surface area contributed by atoms with E-state index in [4.69, 9.17) is 17.3 Å². The highest BCUT2D eigenvalue weighted by molar-refractivity contribution is 6.29. The molecule has 0 radical (unpaired) electrons. The molecule has 0 atom stereocenters. The Hall–Kier alpha value is -0.710. The van der Waals surface area contributed by atoms with Crippen LogP contribution < -0.4 is 5.73 Å². The molecule has 0 saturated carbocycles. The zero-order valence-corrected chi connectivity index (χ0v) is 9.32. The van der Waals surface area contributed by atoms with Gasteiger partial charge in [0.25, 0.3) is 0 Å². The topological polar surface area (TPSA) is 55.0 Å². The van der Waals surface area contributed by atoms with E-state index in [1.807, 2.05) is 6.07 Å². The van der Waals surface area contributed by atoms with Gasteiger partial charge in [-0.05, 0) is 25.0 Å². The fraction of sp³-hybridized carbons (Fsp3) is 0.600. The smallest absolute Gasteiger partial charge is 0.151 e. The molecule has 2 heterocycles. The van der Waals surface area contributed by atoms with E-state index in [-0.39, 0.29) is 0 Å². The van der Waals surface area contributed by atoms with Crippen LogP contribution in [0.25, 0.3) is 0 Å². The van der Waals surface area contributed by atoms with E-state index in [1.165, 1.54) is 0 Å². The van der Waals surface area contributed by atoms with E-state index in [0.29, 0.717) is 11.2 Å². The second-order valence-corrected chi connectivity index (χ2v) is 4.35. The van der Waals surface area contributed by atoms with E-state index in [1.54, 1.807) is 6.07 Å². The third-order valence-electron chi connectivity index (χ3n) is 2.71. The standard InChI is InChI=1S/C10H15ClN4/c11-10-2-1-9(13-14-10)7-15-5-3-8(12)4-6-15/h1-2,8H,3-7,12H2. The number of likely N-dealkylation sites (tertiary alicyclic amines) is 1. The fourth-order valence-electron chi connectivity index (χ4n) is 1.77. The van der Waals surface area contributed by atoms with Gasteiger partial charge in [-0.2, -0.15) is 5.10 Å². The summed E-state index contributed by atoms with van der Waals surface area (Å²) in [4.78, 5) is 2.35. The minimum absolute atomic E-state index is 0.373. The largest absolute Gasteiger partial charge is 0.328 e. The maximum atomic E-state index is 5.84. The number of hydrogen-bond acceptors (Lipinski definition) is 4. The van der Waals surface area contributed by atoms with Crippen molar-refractivity contribution in [2.75, 3.05) is 13.1 Å². The van der Waals surface area contributed by atoms with Crippen molar-refractivity contribution in [2.24, 2.45) is 5.73 Å². The van der Waals surface area contributed by atoms with E-state index in [2.05, 4.69) is 15.1 Å². The Morgan fingerprint density at radius 3 is 2.67 bits per heavy atom. The first-order valence-electron chi connectivity index (χ1n) is 5.20. The zero-order chi connectivity index (χ0) is 10.7. The highest BCUT2D eigenvalue weighted by Crippen LogP contribution is 2.11. The van der Waals surface area contributed by atoms with Crippen molar-refractivity contribution >= 4 is 11.6 Å². The molecular formula is C10H15ClN4. The Morgan fingerprint density at radius 2 is 2.07 bits per heavy atom. The van der Waals surface area contributed by atoms with Gasteiger partial charge in [0.05, 0.1) is 5.69 Å². The summed E-state index contributed by atoms with van der Waals surface area (Å²) < 4.78 is 0. The van der Waals surface area contributed by atoms with Crippen LogP contribution in [0.1, 0.15) is 18.5 Å². The molecule has 1 aromatic heterocycles. The normalized spacial score (nSPS) is 19.3. The van der Waals surface area contributed by atoms with Crippen molar-refractivity contribution in [3.63, 3.8) is 0 Å². The van der Waals surface area contributed by atoms with Gasteiger partial charge in [0, 0.05) is 25.7 Å². The van der Waals surface area contributed by atoms with Gasteiger partial charge in [0.15, 0.2) is 5.15 Å². The molecule has 0 aromatic carbocycles. The average molecular weight is 227 g/mol. The van der Waals surface area contributed by atoms with Crippen molar-refractivity contribution in [2.45, 2.75) is 25.4 Å². The maximum Gasteiger partial charge on any atom is 0.151 e. The molecule has 15 heavy (non-hydrogen) atoms. The van der Waals surface area contributed by atoms with E-state index in [0.717, 1.165) is 38.2 Å². The molecule has 1 saturated heterocycles. The minimum atomic E-state index is 0.373. The number of nitrogens with two attached hydrogens (primary N) is 1. The highest BCUT2D eigenvalue weighted by atomic mass is 35.5. The lowest BCUT2D eigenvalue weighted by Gasteiger charge is -2.29. The summed E-state index contributed by atoms with van der Waals surface area (Å²) in [5, 5.41) is 8.30. The Morgan fingerprint density at radius 1 is 1.33 bits per heavy atom. The van der Waals surface area contributed by atoms with Crippen molar-refractivity contribution in [1.82, 2.24) is 15.1 Å². The molecular weight excluding hydrogens is 212 g/mol. The van der Waals surface area contributed by atoms with Gasteiger partial charge < -0.3 is 5.73 Å². The van der Waals surface area contributed by atoms with E-state index < -0.39 is 0 Å². The fourth-order valence-corrected chi connectivity index (χ4v) is 1.87.